The number of H-pyrrole nitrogens is 2. The number of likely N-dealkylation sites (tertiary alicyclic amines) is 2. The predicted octanol–water partition coefficient (Wildman–Crippen LogP) is 6.87. The SMILES string of the molecule is COC[C@H]1C[C@@H](c2ncc(-c3ccc4c(c3)COc3cc5c(cc3-4)CCc3nc([C@@H]4CC[C@H](C)N4C(=O)[C@H](C)NC(=O)OC)[nH]c3-5)[nH]2)N(C(=O)OC(C)(C)C)C1. The van der Waals surface area contributed by atoms with Crippen molar-refractivity contribution in [2.24, 2.45) is 5.92 Å². The lowest BCUT2D eigenvalue weighted by Crippen LogP contribution is -2.48. The van der Waals surface area contributed by atoms with Gasteiger partial charge in [-0.3, -0.25) is 9.69 Å². The third kappa shape index (κ3) is 6.99. The van der Waals surface area contributed by atoms with E-state index in [-0.39, 0.29) is 36.0 Å². The van der Waals surface area contributed by atoms with Gasteiger partial charge in [-0.15, -0.1) is 0 Å². The number of nitrogens with one attached hydrogen (secondary N) is 3. The van der Waals surface area contributed by atoms with Crippen LogP contribution in [0.5, 0.6) is 5.75 Å². The molecule has 8 rings (SSSR count). The van der Waals surface area contributed by atoms with Gasteiger partial charge in [0.15, 0.2) is 0 Å². The first kappa shape index (κ1) is 37.5. The monoisotopic (exact) mass is 765 g/mol. The fourth-order valence-corrected chi connectivity index (χ4v) is 8.80. The molecule has 0 saturated carbocycles. The number of carbonyl (C=O) groups is 3. The Hall–Kier alpha value is -5.37. The van der Waals surface area contributed by atoms with Gasteiger partial charge in [0, 0.05) is 36.7 Å². The maximum atomic E-state index is 13.5. The molecule has 5 heterocycles. The Morgan fingerprint density at radius 3 is 2.59 bits per heavy atom. The minimum Gasteiger partial charge on any atom is -0.488 e. The van der Waals surface area contributed by atoms with Gasteiger partial charge in [0.1, 0.15) is 35.6 Å². The van der Waals surface area contributed by atoms with Crippen LogP contribution >= 0.6 is 0 Å². The van der Waals surface area contributed by atoms with E-state index in [9.17, 15) is 14.4 Å². The van der Waals surface area contributed by atoms with Crippen molar-refractivity contribution in [2.75, 3.05) is 27.4 Å². The summed E-state index contributed by atoms with van der Waals surface area (Å²) in [5, 5.41) is 2.61. The molecule has 0 bridgehead atoms. The van der Waals surface area contributed by atoms with E-state index in [0.717, 1.165) is 94.4 Å². The minimum atomic E-state index is -0.724. The summed E-state index contributed by atoms with van der Waals surface area (Å²) < 4.78 is 22.3. The molecule has 56 heavy (non-hydrogen) atoms. The average molecular weight is 766 g/mol. The molecule has 14 heteroatoms. The fourth-order valence-electron chi connectivity index (χ4n) is 8.80. The Bertz CT molecular complexity index is 2170. The van der Waals surface area contributed by atoms with Crippen molar-refractivity contribution >= 4 is 18.1 Å². The van der Waals surface area contributed by atoms with Crippen LogP contribution in [0.4, 0.5) is 9.59 Å². The van der Waals surface area contributed by atoms with Crippen molar-refractivity contribution in [3.8, 4) is 39.4 Å². The van der Waals surface area contributed by atoms with Gasteiger partial charge in [0.2, 0.25) is 5.91 Å². The number of hydrogen-bond acceptors (Lipinski definition) is 9. The number of fused-ring (bicyclic) bond motifs is 6. The number of rotatable bonds is 7. The summed E-state index contributed by atoms with van der Waals surface area (Å²) in [5.74, 6) is 2.34. The molecule has 2 fully saturated rings. The predicted molar refractivity (Wildman–Crippen MR) is 208 cm³/mol. The van der Waals surface area contributed by atoms with E-state index in [1.165, 1.54) is 12.7 Å². The Balaban J connectivity index is 1.03. The first-order chi connectivity index (χ1) is 26.8. The van der Waals surface area contributed by atoms with Gasteiger partial charge in [-0.1, -0.05) is 12.1 Å². The topological polar surface area (TPSA) is 164 Å². The molecule has 3 N–H and O–H groups in total. The first-order valence-electron chi connectivity index (χ1n) is 19.5. The molecule has 3 amide bonds. The van der Waals surface area contributed by atoms with E-state index in [4.69, 9.17) is 28.9 Å². The minimum absolute atomic E-state index is 0.01000. The molecular weight excluding hydrogens is 715 g/mol. The van der Waals surface area contributed by atoms with Crippen LogP contribution in [0.25, 0.3) is 33.6 Å². The molecule has 2 aromatic heterocycles. The molecular formula is C42H51N7O7. The Kier molecular flexibility index (Phi) is 9.80. The zero-order chi connectivity index (χ0) is 39.5. The van der Waals surface area contributed by atoms with Crippen LogP contribution in [0.15, 0.2) is 36.5 Å². The maximum Gasteiger partial charge on any atom is 0.410 e. The van der Waals surface area contributed by atoms with Crippen molar-refractivity contribution in [3.05, 3.63) is 65.0 Å². The highest BCUT2D eigenvalue weighted by molar-refractivity contribution is 5.86. The molecule has 2 saturated heterocycles. The summed E-state index contributed by atoms with van der Waals surface area (Å²) in [4.78, 5) is 59.1. The normalized spacial score (nSPS) is 21.7. The summed E-state index contributed by atoms with van der Waals surface area (Å²) >= 11 is 0. The summed E-state index contributed by atoms with van der Waals surface area (Å²) in [6, 6.07) is 9.61. The number of aryl methyl sites for hydroxylation is 2. The zero-order valence-corrected chi connectivity index (χ0v) is 33.2. The van der Waals surface area contributed by atoms with Crippen molar-refractivity contribution in [3.63, 3.8) is 0 Å². The van der Waals surface area contributed by atoms with E-state index in [0.29, 0.717) is 19.8 Å². The van der Waals surface area contributed by atoms with Crippen LogP contribution in [-0.4, -0.2) is 92.9 Å². The lowest BCUT2D eigenvalue weighted by atomic mass is 9.86. The Morgan fingerprint density at radius 2 is 1.82 bits per heavy atom. The van der Waals surface area contributed by atoms with Crippen LogP contribution in [-0.2, 0) is 38.5 Å². The third-order valence-corrected chi connectivity index (χ3v) is 11.5. The molecule has 0 spiro atoms. The summed E-state index contributed by atoms with van der Waals surface area (Å²) in [6.45, 7) is 10.9. The standard InChI is InChI=1S/C42H51N7O7/c1-22-8-13-33(49(22)39(50)23(2)44-40(51)54-7)38-45-31-12-10-25-16-30-28-11-9-26(15-27(28)21-55-35(30)17-29(25)36(31)47-38)32-18-43-37(46-32)34-14-24(20-53-6)19-48(34)41(52)56-42(3,4)5/h9,11,15-18,22-24,33-34H,8,10,12-14,19-21H2,1-7H3,(H,43,46)(H,44,51)(H,45,47)/t22-,23-,24-,33-,34-/m0/s1. The number of imidazole rings is 2. The average Bonchev–Trinajstić information content (AvgIpc) is 3.98. The largest absolute Gasteiger partial charge is 0.488 e. The van der Waals surface area contributed by atoms with E-state index in [2.05, 4.69) is 45.6 Å². The highest BCUT2D eigenvalue weighted by Gasteiger charge is 2.41. The van der Waals surface area contributed by atoms with Crippen LogP contribution in [0.1, 0.15) is 94.4 Å². The summed E-state index contributed by atoms with van der Waals surface area (Å²) in [6.07, 6.45) is 4.82. The van der Waals surface area contributed by atoms with Crippen LogP contribution < -0.4 is 10.1 Å². The second-order valence-corrected chi connectivity index (χ2v) is 16.5. The van der Waals surface area contributed by atoms with Gasteiger partial charge >= 0.3 is 12.2 Å². The molecule has 2 aromatic carbocycles. The van der Waals surface area contributed by atoms with Crippen molar-refractivity contribution in [2.45, 2.75) is 103 Å². The fraction of sp³-hybridized carbons (Fsp3) is 0.500. The molecule has 4 aromatic rings. The number of amides is 3. The number of carbonyl (C=O) groups excluding carboxylic acids is 3. The second-order valence-electron chi connectivity index (χ2n) is 16.5. The number of alkyl carbamates (subject to hydrolysis) is 1. The van der Waals surface area contributed by atoms with Gasteiger partial charge in [0.25, 0.3) is 0 Å². The van der Waals surface area contributed by atoms with Crippen LogP contribution in [0, 0.1) is 5.92 Å². The lowest BCUT2D eigenvalue weighted by Gasteiger charge is -2.30. The molecule has 0 radical (unpaired) electrons. The van der Waals surface area contributed by atoms with E-state index in [1.807, 2.05) is 38.8 Å². The Morgan fingerprint density at radius 1 is 1.00 bits per heavy atom. The van der Waals surface area contributed by atoms with Gasteiger partial charge < -0.3 is 39.1 Å². The number of hydrogen-bond donors (Lipinski definition) is 3. The number of aromatic amines is 2. The van der Waals surface area contributed by atoms with Gasteiger partial charge in [0.05, 0.1) is 49.1 Å². The Labute approximate surface area is 326 Å². The smallest absolute Gasteiger partial charge is 0.410 e. The molecule has 4 aliphatic rings. The second kappa shape index (κ2) is 14.6. The van der Waals surface area contributed by atoms with Crippen molar-refractivity contribution in [1.29, 1.82) is 0 Å². The molecule has 5 atom stereocenters. The van der Waals surface area contributed by atoms with Crippen LogP contribution in [0.2, 0.25) is 0 Å². The number of ether oxygens (including phenoxy) is 4. The number of aromatic nitrogens is 4. The van der Waals surface area contributed by atoms with E-state index < -0.39 is 17.7 Å². The van der Waals surface area contributed by atoms with Crippen LogP contribution in [0.3, 0.4) is 0 Å². The van der Waals surface area contributed by atoms with Gasteiger partial charge in [-0.05, 0) is 107 Å². The highest BCUT2D eigenvalue weighted by Crippen LogP contribution is 2.46. The first-order valence-corrected chi connectivity index (χ1v) is 19.5. The highest BCUT2D eigenvalue weighted by atomic mass is 16.6. The van der Waals surface area contributed by atoms with Gasteiger partial charge in [-0.25, -0.2) is 19.6 Å². The molecule has 14 nitrogen and oxygen atoms in total. The van der Waals surface area contributed by atoms with Crippen molar-refractivity contribution in [1.82, 2.24) is 35.1 Å². The zero-order valence-electron chi connectivity index (χ0n) is 33.2. The summed E-state index contributed by atoms with van der Waals surface area (Å²) in [5.41, 5.74) is 8.76. The third-order valence-electron chi connectivity index (χ3n) is 11.5. The summed E-state index contributed by atoms with van der Waals surface area (Å²) in [7, 11) is 2.97. The van der Waals surface area contributed by atoms with E-state index in [1.54, 1.807) is 18.9 Å². The molecule has 296 valence electrons. The van der Waals surface area contributed by atoms with Crippen molar-refractivity contribution < 1.29 is 33.3 Å². The number of nitrogens with zero attached hydrogens (tertiary/aromatic N) is 4. The number of benzene rings is 2. The molecule has 3 aliphatic heterocycles. The lowest BCUT2D eigenvalue weighted by molar-refractivity contribution is -0.135. The van der Waals surface area contributed by atoms with E-state index >= 15 is 0 Å². The molecule has 0 unspecified atom stereocenters. The quantitative estimate of drug-likeness (QED) is 0.182. The maximum absolute atomic E-state index is 13.5. The van der Waals surface area contributed by atoms with Gasteiger partial charge in [-0.2, -0.15) is 0 Å². The number of methoxy groups -OCH3 is 2. The molecule has 1 aliphatic carbocycles.